The number of sulfonamides is 1. The topological polar surface area (TPSA) is 104 Å². The van der Waals surface area contributed by atoms with Crippen LogP contribution >= 0.6 is 23.2 Å². The van der Waals surface area contributed by atoms with E-state index < -0.39 is 34.0 Å². The third-order valence-corrected chi connectivity index (χ3v) is 7.68. The lowest BCUT2D eigenvalue weighted by molar-refractivity contribution is -0.142. The van der Waals surface area contributed by atoms with Crippen molar-refractivity contribution in [2.45, 2.75) is 56.1 Å². The monoisotopic (exact) mass is 498 g/mol. The van der Waals surface area contributed by atoms with Crippen LogP contribution in [0.2, 0.25) is 10.0 Å². The molecule has 10 heteroatoms. The molecule has 1 unspecified atom stereocenters. The summed E-state index contributed by atoms with van der Waals surface area (Å²) >= 11 is 12.0. The van der Waals surface area contributed by atoms with Gasteiger partial charge in [0.2, 0.25) is 15.9 Å². The number of nitrogens with zero attached hydrogens (tertiary/aromatic N) is 1. The van der Waals surface area contributed by atoms with Crippen LogP contribution in [0.25, 0.3) is 0 Å². The van der Waals surface area contributed by atoms with Crippen LogP contribution in [0.15, 0.2) is 47.4 Å². The number of benzene rings is 2. The molecule has 0 fully saturated rings. The summed E-state index contributed by atoms with van der Waals surface area (Å²) in [6.07, 6.45) is 1.77. The smallest absolute Gasteiger partial charge is 0.326 e. The second-order valence-electron chi connectivity index (χ2n) is 7.69. The molecule has 1 aliphatic heterocycles. The Kier molecular flexibility index (Phi) is 7.82. The summed E-state index contributed by atoms with van der Waals surface area (Å²) in [5.74, 6) is -1.81. The van der Waals surface area contributed by atoms with E-state index >= 15 is 0 Å². The molecule has 0 radical (unpaired) electrons. The first-order valence-corrected chi connectivity index (χ1v) is 12.4. The fraction of sp³-hybridized carbons (Fsp3) is 0.364. The zero-order valence-corrected chi connectivity index (χ0v) is 19.8. The molecule has 1 aliphatic rings. The van der Waals surface area contributed by atoms with Crippen LogP contribution in [-0.4, -0.2) is 41.8 Å². The lowest BCUT2D eigenvalue weighted by Gasteiger charge is -2.35. The van der Waals surface area contributed by atoms with Gasteiger partial charge in [0.15, 0.2) is 0 Å². The summed E-state index contributed by atoms with van der Waals surface area (Å²) in [6.45, 7) is 1.89. The molecular formula is C22H24Cl2N2O5S. The number of nitrogens with one attached hydrogen (secondary N) is 1. The van der Waals surface area contributed by atoms with Crippen molar-refractivity contribution in [3.63, 3.8) is 0 Å². The number of hydrogen-bond acceptors (Lipinski definition) is 4. The molecule has 0 saturated heterocycles. The number of hydrogen-bond donors (Lipinski definition) is 2. The van der Waals surface area contributed by atoms with Crippen LogP contribution in [0.5, 0.6) is 0 Å². The highest BCUT2D eigenvalue weighted by Gasteiger charge is 2.40. The summed E-state index contributed by atoms with van der Waals surface area (Å²) in [5.41, 5.74) is 1.61. The Bertz CT molecular complexity index is 1100. The SMILES string of the molecule is CCCCC(NC(=O)[C@@H]1Cc2ccccc2CN1S(=O)(=O)c1cc(Cl)cc(Cl)c1)C(=O)O. The van der Waals surface area contributed by atoms with E-state index in [0.717, 1.165) is 21.9 Å². The first-order valence-electron chi connectivity index (χ1n) is 10.2. The molecule has 7 nitrogen and oxygen atoms in total. The van der Waals surface area contributed by atoms with Gasteiger partial charge >= 0.3 is 5.97 Å². The Hall–Kier alpha value is -2.13. The molecule has 1 amide bonds. The lowest BCUT2D eigenvalue weighted by atomic mass is 9.95. The number of unbranched alkanes of at least 4 members (excludes halogenated alkanes) is 1. The fourth-order valence-corrected chi connectivity index (χ4v) is 6.01. The quantitative estimate of drug-likeness (QED) is 0.574. The first-order chi connectivity index (χ1) is 15.1. The average Bonchev–Trinajstić information content (AvgIpc) is 2.74. The minimum Gasteiger partial charge on any atom is -0.480 e. The molecule has 0 aromatic heterocycles. The predicted octanol–water partition coefficient (Wildman–Crippen LogP) is 3.87. The minimum atomic E-state index is -4.16. The third-order valence-electron chi connectivity index (χ3n) is 5.41. The number of carboxylic acid groups (broad SMARTS) is 1. The van der Waals surface area contributed by atoms with Crippen molar-refractivity contribution in [2.75, 3.05) is 0 Å². The van der Waals surface area contributed by atoms with Crippen LogP contribution in [-0.2, 0) is 32.6 Å². The van der Waals surface area contributed by atoms with E-state index in [-0.39, 0.29) is 34.3 Å². The van der Waals surface area contributed by atoms with Crippen LogP contribution in [0.1, 0.15) is 37.3 Å². The summed E-state index contributed by atoms with van der Waals surface area (Å²) in [4.78, 5) is 24.7. The Morgan fingerprint density at radius 3 is 2.38 bits per heavy atom. The van der Waals surface area contributed by atoms with Gasteiger partial charge in [0.25, 0.3) is 0 Å². The van der Waals surface area contributed by atoms with Gasteiger partial charge in [-0.1, -0.05) is 67.2 Å². The molecule has 2 aromatic carbocycles. The molecule has 3 rings (SSSR count). The number of carboxylic acids is 1. The average molecular weight is 499 g/mol. The maximum Gasteiger partial charge on any atom is 0.326 e. The number of fused-ring (bicyclic) bond motifs is 1. The van der Waals surface area contributed by atoms with Crippen LogP contribution < -0.4 is 5.32 Å². The second-order valence-corrected chi connectivity index (χ2v) is 10.4. The Morgan fingerprint density at radius 1 is 1.16 bits per heavy atom. The summed E-state index contributed by atoms with van der Waals surface area (Å²) < 4.78 is 28.1. The second kappa shape index (κ2) is 10.2. The van der Waals surface area contributed by atoms with Crippen molar-refractivity contribution in [2.24, 2.45) is 0 Å². The van der Waals surface area contributed by atoms with E-state index in [4.69, 9.17) is 23.2 Å². The Balaban J connectivity index is 1.99. The molecule has 2 atom stereocenters. The normalized spacial score (nSPS) is 17.4. The Labute approximate surface area is 197 Å². The van der Waals surface area contributed by atoms with Crippen molar-refractivity contribution < 1.29 is 23.1 Å². The number of halogens is 2. The van der Waals surface area contributed by atoms with E-state index in [9.17, 15) is 23.1 Å². The fourth-order valence-electron chi connectivity index (χ4n) is 3.72. The molecule has 0 spiro atoms. The highest BCUT2D eigenvalue weighted by atomic mass is 35.5. The summed E-state index contributed by atoms with van der Waals surface area (Å²) in [6, 6.07) is 9.02. The molecule has 172 valence electrons. The molecule has 2 aromatic rings. The third kappa shape index (κ3) is 5.43. The maximum atomic E-state index is 13.5. The molecule has 0 aliphatic carbocycles. The van der Waals surface area contributed by atoms with Gasteiger partial charge in [0.05, 0.1) is 4.90 Å². The highest BCUT2D eigenvalue weighted by Crippen LogP contribution is 2.31. The molecule has 1 heterocycles. The summed E-state index contributed by atoms with van der Waals surface area (Å²) in [7, 11) is -4.16. The van der Waals surface area contributed by atoms with E-state index in [1.165, 1.54) is 18.2 Å². The molecule has 2 N–H and O–H groups in total. The van der Waals surface area contributed by atoms with Gasteiger partial charge in [0, 0.05) is 16.6 Å². The van der Waals surface area contributed by atoms with Gasteiger partial charge in [-0.15, -0.1) is 0 Å². The van der Waals surface area contributed by atoms with Gasteiger partial charge in [-0.05, 0) is 42.2 Å². The van der Waals surface area contributed by atoms with Gasteiger partial charge < -0.3 is 10.4 Å². The number of amides is 1. The number of carbonyl (C=O) groups excluding carboxylic acids is 1. The van der Waals surface area contributed by atoms with E-state index in [1.54, 1.807) is 12.1 Å². The maximum absolute atomic E-state index is 13.5. The van der Waals surface area contributed by atoms with Crippen LogP contribution in [0, 0.1) is 0 Å². The van der Waals surface area contributed by atoms with Gasteiger partial charge in [0.1, 0.15) is 12.1 Å². The zero-order chi connectivity index (χ0) is 23.5. The van der Waals surface area contributed by atoms with Gasteiger partial charge in [-0.3, -0.25) is 4.79 Å². The molecular weight excluding hydrogens is 475 g/mol. The van der Waals surface area contributed by atoms with E-state index in [0.29, 0.717) is 6.42 Å². The zero-order valence-electron chi connectivity index (χ0n) is 17.4. The molecule has 32 heavy (non-hydrogen) atoms. The largest absolute Gasteiger partial charge is 0.480 e. The van der Waals surface area contributed by atoms with Crippen LogP contribution in [0.4, 0.5) is 0 Å². The number of aliphatic carboxylic acids is 1. The van der Waals surface area contributed by atoms with E-state index in [2.05, 4.69) is 5.32 Å². The van der Waals surface area contributed by atoms with Crippen molar-refractivity contribution >= 4 is 45.1 Å². The molecule has 0 bridgehead atoms. The number of carbonyl (C=O) groups is 2. The highest BCUT2D eigenvalue weighted by molar-refractivity contribution is 7.89. The van der Waals surface area contributed by atoms with Crippen LogP contribution in [0.3, 0.4) is 0 Å². The van der Waals surface area contributed by atoms with E-state index in [1.807, 2.05) is 19.1 Å². The molecule has 0 saturated carbocycles. The first kappa shape index (κ1) is 24.5. The van der Waals surface area contributed by atoms with Crippen molar-refractivity contribution in [3.8, 4) is 0 Å². The van der Waals surface area contributed by atoms with Gasteiger partial charge in [-0.2, -0.15) is 4.31 Å². The Morgan fingerprint density at radius 2 is 1.78 bits per heavy atom. The number of rotatable bonds is 8. The standard InChI is InChI=1S/C22H24Cl2N2O5S/c1-2-3-8-19(22(28)29)25-21(27)20-9-14-6-4-5-7-15(14)13-26(20)32(30,31)18-11-16(23)10-17(24)12-18/h4-7,10-12,19-20H,2-3,8-9,13H2,1H3,(H,25,27)(H,28,29)/t19?,20-/m0/s1. The summed E-state index contributed by atoms with van der Waals surface area (Å²) in [5, 5.41) is 12.3. The lowest BCUT2D eigenvalue weighted by Crippen LogP contribution is -2.55. The van der Waals surface area contributed by atoms with Crippen molar-refractivity contribution in [3.05, 3.63) is 63.6 Å². The van der Waals surface area contributed by atoms with Gasteiger partial charge in [-0.25, -0.2) is 13.2 Å². The van der Waals surface area contributed by atoms with Crippen molar-refractivity contribution in [1.82, 2.24) is 9.62 Å². The van der Waals surface area contributed by atoms with Crippen molar-refractivity contribution in [1.29, 1.82) is 0 Å². The minimum absolute atomic E-state index is 0.0343. The predicted molar refractivity (Wildman–Crippen MR) is 122 cm³/mol.